The number of ketones is 1. The van der Waals surface area contributed by atoms with E-state index >= 15 is 0 Å². The molecule has 3 rings (SSSR count). The van der Waals surface area contributed by atoms with Crippen molar-refractivity contribution >= 4 is 23.6 Å². The molecule has 0 spiro atoms. The van der Waals surface area contributed by atoms with Gasteiger partial charge in [-0.3, -0.25) is 4.79 Å². The van der Waals surface area contributed by atoms with Crippen molar-refractivity contribution in [3.63, 3.8) is 0 Å². The maximum absolute atomic E-state index is 12.3. The topological polar surface area (TPSA) is 26.3 Å². The summed E-state index contributed by atoms with van der Waals surface area (Å²) >= 11 is 1.53. The molecule has 2 aromatic rings. The van der Waals surface area contributed by atoms with E-state index in [4.69, 9.17) is 4.74 Å². The predicted molar refractivity (Wildman–Crippen MR) is 82.2 cm³/mol. The molecule has 1 aliphatic heterocycles. The summed E-state index contributed by atoms with van der Waals surface area (Å²) in [6, 6.07) is 15.5. The van der Waals surface area contributed by atoms with Gasteiger partial charge in [0.25, 0.3) is 0 Å². The molecule has 0 saturated carbocycles. The number of benzene rings is 2. The van der Waals surface area contributed by atoms with Gasteiger partial charge >= 0.3 is 0 Å². The van der Waals surface area contributed by atoms with Crippen molar-refractivity contribution in [1.29, 1.82) is 0 Å². The van der Waals surface area contributed by atoms with Gasteiger partial charge in [-0.15, -0.1) is 0 Å². The summed E-state index contributed by atoms with van der Waals surface area (Å²) in [6.07, 6.45) is 1.93. The highest BCUT2D eigenvalue weighted by atomic mass is 32.2. The Morgan fingerprint density at radius 1 is 1.10 bits per heavy atom. The first-order valence-electron chi connectivity index (χ1n) is 6.54. The number of Topliss-reactive ketones (excluding diaryl/α,β-unsaturated/α-hetero) is 1. The summed E-state index contributed by atoms with van der Waals surface area (Å²) in [5.41, 5.74) is 1.81. The number of rotatable bonds is 3. The number of allylic oxidation sites excluding steroid dienone is 1. The van der Waals surface area contributed by atoms with Gasteiger partial charge in [0.05, 0.1) is 11.5 Å². The van der Waals surface area contributed by atoms with Gasteiger partial charge in [-0.2, -0.15) is 0 Å². The maximum Gasteiger partial charge on any atom is 0.200 e. The van der Waals surface area contributed by atoms with Crippen molar-refractivity contribution in [1.82, 2.24) is 0 Å². The first kappa shape index (κ1) is 13.0. The van der Waals surface area contributed by atoms with Crippen LogP contribution in [0.15, 0.2) is 58.3 Å². The molecule has 1 aliphatic rings. The van der Waals surface area contributed by atoms with E-state index in [9.17, 15) is 4.79 Å². The summed E-state index contributed by atoms with van der Waals surface area (Å²) in [4.78, 5) is 14.1. The average molecular weight is 282 g/mol. The zero-order valence-electron chi connectivity index (χ0n) is 11.1. The summed E-state index contributed by atoms with van der Waals surface area (Å²) in [5, 5.41) is 0. The Balaban J connectivity index is 1.85. The van der Waals surface area contributed by atoms with Crippen LogP contribution in [0, 0.1) is 0 Å². The second-order valence-electron chi connectivity index (χ2n) is 4.44. The van der Waals surface area contributed by atoms with Gasteiger partial charge in [0.2, 0.25) is 5.78 Å². The van der Waals surface area contributed by atoms with Crippen LogP contribution in [0.2, 0.25) is 0 Å². The molecule has 0 aromatic heterocycles. The molecule has 2 nitrogen and oxygen atoms in total. The SMILES string of the molecule is CCOc1ccc(/C=C2\Sc3ccccc3C2=O)cc1. The van der Waals surface area contributed by atoms with E-state index in [0.29, 0.717) is 6.61 Å². The first-order chi connectivity index (χ1) is 9.78. The molecule has 1 heterocycles. The number of hydrogen-bond donors (Lipinski definition) is 0. The minimum atomic E-state index is 0.111. The summed E-state index contributed by atoms with van der Waals surface area (Å²) in [6.45, 7) is 2.62. The van der Waals surface area contributed by atoms with Gasteiger partial charge in [-0.25, -0.2) is 0 Å². The fourth-order valence-corrected chi connectivity index (χ4v) is 3.17. The van der Waals surface area contributed by atoms with Crippen LogP contribution in [-0.2, 0) is 0 Å². The summed E-state index contributed by atoms with van der Waals surface area (Å²) < 4.78 is 5.41. The molecule has 0 bridgehead atoms. The van der Waals surface area contributed by atoms with E-state index in [1.165, 1.54) is 11.8 Å². The van der Waals surface area contributed by atoms with Crippen LogP contribution >= 0.6 is 11.8 Å². The Labute approximate surface area is 122 Å². The largest absolute Gasteiger partial charge is 0.494 e. The van der Waals surface area contributed by atoms with Crippen LogP contribution in [0.5, 0.6) is 5.75 Å². The predicted octanol–water partition coefficient (Wildman–Crippen LogP) is 4.41. The second-order valence-corrected chi connectivity index (χ2v) is 5.52. The highest BCUT2D eigenvalue weighted by Gasteiger charge is 2.24. The lowest BCUT2D eigenvalue weighted by atomic mass is 10.1. The Morgan fingerprint density at radius 2 is 1.85 bits per heavy atom. The number of ether oxygens (including phenoxy) is 1. The third kappa shape index (κ3) is 2.49. The zero-order chi connectivity index (χ0) is 13.9. The van der Waals surface area contributed by atoms with E-state index < -0.39 is 0 Å². The van der Waals surface area contributed by atoms with E-state index in [2.05, 4.69) is 0 Å². The molecular formula is C17H14O2S. The molecule has 0 saturated heterocycles. The van der Waals surface area contributed by atoms with Crippen LogP contribution in [0.3, 0.4) is 0 Å². The monoisotopic (exact) mass is 282 g/mol. The van der Waals surface area contributed by atoms with Gasteiger partial charge in [0.15, 0.2) is 0 Å². The number of thioether (sulfide) groups is 1. The normalized spacial score (nSPS) is 15.4. The number of carbonyl (C=O) groups is 1. The minimum Gasteiger partial charge on any atom is -0.494 e. The molecule has 0 fully saturated rings. The molecule has 0 radical (unpaired) electrons. The van der Waals surface area contributed by atoms with Crippen LogP contribution in [0.25, 0.3) is 6.08 Å². The van der Waals surface area contributed by atoms with Crippen LogP contribution in [0.1, 0.15) is 22.8 Å². The second kappa shape index (κ2) is 5.55. The third-order valence-corrected chi connectivity index (χ3v) is 4.16. The smallest absolute Gasteiger partial charge is 0.200 e. The van der Waals surface area contributed by atoms with Gasteiger partial charge < -0.3 is 4.74 Å². The summed E-state index contributed by atoms with van der Waals surface area (Å²) in [5.74, 6) is 0.961. The average Bonchev–Trinajstić information content (AvgIpc) is 2.79. The van der Waals surface area contributed by atoms with Gasteiger partial charge in [0.1, 0.15) is 5.75 Å². The molecule has 20 heavy (non-hydrogen) atoms. The minimum absolute atomic E-state index is 0.111. The molecule has 100 valence electrons. The Kier molecular flexibility index (Phi) is 3.61. The van der Waals surface area contributed by atoms with Crippen LogP contribution in [-0.4, -0.2) is 12.4 Å². The molecule has 0 N–H and O–H groups in total. The highest BCUT2D eigenvalue weighted by molar-refractivity contribution is 8.04. The fourth-order valence-electron chi connectivity index (χ4n) is 2.11. The van der Waals surface area contributed by atoms with E-state index in [0.717, 1.165) is 26.7 Å². The van der Waals surface area contributed by atoms with Gasteiger partial charge in [-0.05, 0) is 42.8 Å². The molecule has 0 unspecified atom stereocenters. The van der Waals surface area contributed by atoms with Gasteiger partial charge in [-0.1, -0.05) is 36.0 Å². The zero-order valence-corrected chi connectivity index (χ0v) is 11.9. The van der Waals surface area contributed by atoms with Crippen molar-refractivity contribution in [3.05, 3.63) is 64.6 Å². The fraction of sp³-hybridized carbons (Fsp3) is 0.118. The lowest BCUT2D eigenvalue weighted by molar-refractivity contribution is 0.104. The van der Waals surface area contributed by atoms with Crippen LogP contribution < -0.4 is 4.74 Å². The lowest BCUT2D eigenvalue weighted by Gasteiger charge is -2.02. The molecule has 0 aliphatic carbocycles. The van der Waals surface area contributed by atoms with E-state index in [-0.39, 0.29) is 5.78 Å². The van der Waals surface area contributed by atoms with Gasteiger partial charge in [0, 0.05) is 10.5 Å². The Morgan fingerprint density at radius 3 is 2.55 bits per heavy atom. The quantitative estimate of drug-likeness (QED) is 0.780. The first-order valence-corrected chi connectivity index (χ1v) is 7.35. The highest BCUT2D eigenvalue weighted by Crippen LogP contribution is 2.40. The standard InChI is InChI=1S/C17H14O2S/c1-2-19-13-9-7-12(8-10-13)11-16-17(18)14-5-3-4-6-15(14)20-16/h3-11H,2H2,1H3/b16-11-. The van der Waals surface area contributed by atoms with Crippen molar-refractivity contribution in [3.8, 4) is 5.75 Å². The van der Waals surface area contributed by atoms with Crippen molar-refractivity contribution < 1.29 is 9.53 Å². The van der Waals surface area contributed by atoms with Crippen molar-refractivity contribution in [2.75, 3.05) is 6.61 Å². The van der Waals surface area contributed by atoms with Crippen LogP contribution in [0.4, 0.5) is 0 Å². The van der Waals surface area contributed by atoms with E-state index in [1.54, 1.807) is 0 Å². The number of fused-ring (bicyclic) bond motifs is 1. The van der Waals surface area contributed by atoms with Crippen molar-refractivity contribution in [2.45, 2.75) is 11.8 Å². The molecular weight excluding hydrogens is 268 g/mol. The van der Waals surface area contributed by atoms with Crippen molar-refractivity contribution in [2.24, 2.45) is 0 Å². The molecule has 3 heteroatoms. The molecule has 2 aromatic carbocycles. The summed E-state index contributed by atoms with van der Waals surface area (Å²) in [7, 11) is 0. The molecule has 0 atom stereocenters. The Hall–Kier alpha value is -2.00. The lowest BCUT2D eigenvalue weighted by Crippen LogP contribution is -1.93. The van der Waals surface area contributed by atoms with E-state index in [1.807, 2.05) is 61.5 Å². The number of carbonyl (C=O) groups excluding carboxylic acids is 1. The third-order valence-electron chi connectivity index (χ3n) is 3.06. The molecule has 0 amide bonds. The Bertz CT molecular complexity index is 672. The maximum atomic E-state index is 12.3. The number of hydrogen-bond acceptors (Lipinski definition) is 3.